The third-order valence-corrected chi connectivity index (χ3v) is 6.75. The minimum Gasteiger partial charge on any atom is -0.311 e. The van der Waals surface area contributed by atoms with Crippen molar-refractivity contribution in [2.24, 2.45) is 0 Å². The Morgan fingerprint density at radius 1 is 0.763 bits per heavy atom. The summed E-state index contributed by atoms with van der Waals surface area (Å²) in [5.74, 6) is -0.924. The van der Waals surface area contributed by atoms with Crippen LogP contribution in [0.5, 0.6) is 0 Å². The Kier molecular flexibility index (Phi) is 7.44. The van der Waals surface area contributed by atoms with Crippen LogP contribution in [0.15, 0.2) is 72.0 Å². The quantitative estimate of drug-likeness (QED) is 0.319. The molecule has 0 fully saturated rings. The first kappa shape index (κ1) is 26.4. The van der Waals surface area contributed by atoms with Crippen LogP contribution in [0.1, 0.15) is 19.5 Å². The van der Waals surface area contributed by atoms with Gasteiger partial charge in [0.25, 0.3) is 10.0 Å². The standard InChI is InChI=1S/C26H23FN6O4S/c1-15-23(11-21(14-30-15)20-7-9-29-26(13-20)32-17(3)35)33-38(36,37)24-5-4-18(10-22(24)27)19-6-8-28-25(12-19)31-16(2)34/h4-14,33H,1-3H3,(H,28,31,34)(H,29,32,35). The number of aryl methyl sites for hydroxylation is 1. The van der Waals surface area contributed by atoms with E-state index in [1.807, 2.05) is 0 Å². The van der Waals surface area contributed by atoms with Gasteiger partial charge < -0.3 is 10.6 Å². The number of amides is 2. The number of halogens is 1. The van der Waals surface area contributed by atoms with E-state index >= 15 is 4.39 Å². The Labute approximate surface area is 218 Å². The van der Waals surface area contributed by atoms with Crippen molar-refractivity contribution in [1.82, 2.24) is 15.0 Å². The maximum atomic E-state index is 15.1. The molecule has 3 N–H and O–H groups in total. The topological polar surface area (TPSA) is 143 Å². The molecule has 38 heavy (non-hydrogen) atoms. The fourth-order valence-electron chi connectivity index (χ4n) is 3.61. The molecule has 2 amide bonds. The van der Waals surface area contributed by atoms with Crippen LogP contribution < -0.4 is 15.4 Å². The minimum atomic E-state index is -4.32. The molecule has 1 aromatic carbocycles. The zero-order valence-electron chi connectivity index (χ0n) is 20.6. The van der Waals surface area contributed by atoms with Crippen molar-refractivity contribution >= 4 is 39.2 Å². The second kappa shape index (κ2) is 10.7. The number of nitrogens with one attached hydrogen (secondary N) is 3. The van der Waals surface area contributed by atoms with Crippen LogP contribution in [0.3, 0.4) is 0 Å². The van der Waals surface area contributed by atoms with E-state index in [4.69, 9.17) is 0 Å². The Morgan fingerprint density at radius 3 is 1.87 bits per heavy atom. The summed E-state index contributed by atoms with van der Waals surface area (Å²) in [6.07, 6.45) is 4.51. The Balaban J connectivity index is 1.62. The smallest absolute Gasteiger partial charge is 0.264 e. The van der Waals surface area contributed by atoms with E-state index < -0.39 is 20.7 Å². The number of aromatic nitrogens is 3. The minimum absolute atomic E-state index is 0.165. The number of nitrogens with zero attached hydrogens (tertiary/aromatic N) is 3. The first-order valence-electron chi connectivity index (χ1n) is 11.3. The van der Waals surface area contributed by atoms with E-state index in [-0.39, 0.29) is 23.3 Å². The van der Waals surface area contributed by atoms with Gasteiger partial charge in [0.2, 0.25) is 11.8 Å². The molecular formula is C26H23FN6O4S. The molecule has 0 aliphatic carbocycles. The van der Waals surface area contributed by atoms with Gasteiger partial charge in [-0.2, -0.15) is 0 Å². The zero-order valence-corrected chi connectivity index (χ0v) is 21.4. The van der Waals surface area contributed by atoms with Gasteiger partial charge in [0.05, 0.1) is 11.4 Å². The number of carbonyl (C=O) groups is 2. The van der Waals surface area contributed by atoms with E-state index in [0.29, 0.717) is 33.8 Å². The van der Waals surface area contributed by atoms with Crippen molar-refractivity contribution < 1.29 is 22.4 Å². The van der Waals surface area contributed by atoms with Gasteiger partial charge in [-0.1, -0.05) is 6.07 Å². The van der Waals surface area contributed by atoms with Gasteiger partial charge in [-0.3, -0.25) is 19.3 Å². The monoisotopic (exact) mass is 534 g/mol. The number of rotatable bonds is 7. The lowest BCUT2D eigenvalue weighted by atomic mass is 10.1. The summed E-state index contributed by atoms with van der Waals surface area (Å²) < 4.78 is 43.7. The van der Waals surface area contributed by atoms with Crippen molar-refractivity contribution in [2.75, 3.05) is 15.4 Å². The van der Waals surface area contributed by atoms with Gasteiger partial charge in [0.1, 0.15) is 22.3 Å². The van der Waals surface area contributed by atoms with Crippen LogP contribution in [0, 0.1) is 12.7 Å². The number of benzene rings is 1. The van der Waals surface area contributed by atoms with Crippen molar-refractivity contribution in [3.05, 3.63) is 78.6 Å². The average molecular weight is 535 g/mol. The third kappa shape index (κ3) is 6.16. The zero-order chi connectivity index (χ0) is 27.4. The van der Waals surface area contributed by atoms with Crippen LogP contribution in [0.4, 0.5) is 21.7 Å². The second-order valence-electron chi connectivity index (χ2n) is 8.33. The molecule has 194 valence electrons. The van der Waals surface area contributed by atoms with Gasteiger partial charge in [0, 0.05) is 38.0 Å². The van der Waals surface area contributed by atoms with Crippen molar-refractivity contribution in [3.63, 3.8) is 0 Å². The average Bonchev–Trinajstić information content (AvgIpc) is 2.84. The fraction of sp³-hybridized carbons (Fsp3) is 0.115. The number of carbonyl (C=O) groups excluding carboxylic acids is 2. The highest BCUT2D eigenvalue weighted by atomic mass is 32.2. The molecule has 0 atom stereocenters. The van der Waals surface area contributed by atoms with E-state index in [0.717, 1.165) is 6.07 Å². The number of pyridine rings is 3. The molecule has 0 unspecified atom stereocenters. The first-order valence-corrected chi connectivity index (χ1v) is 12.8. The molecule has 3 heterocycles. The van der Waals surface area contributed by atoms with Gasteiger partial charge in [-0.25, -0.2) is 22.8 Å². The predicted octanol–water partition coefficient (Wildman–Crippen LogP) is 4.37. The summed E-state index contributed by atoms with van der Waals surface area (Å²) in [5, 5.41) is 5.14. The molecule has 3 aromatic heterocycles. The molecule has 0 aliphatic heterocycles. The summed E-state index contributed by atoms with van der Waals surface area (Å²) in [4.78, 5) is 34.5. The summed E-state index contributed by atoms with van der Waals surface area (Å²) >= 11 is 0. The van der Waals surface area contributed by atoms with E-state index in [1.54, 1.807) is 43.5 Å². The molecule has 4 rings (SSSR count). The highest BCUT2D eigenvalue weighted by molar-refractivity contribution is 7.92. The lowest BCUT2D eigenvalue weighted by Crippen LogP contribution is -2.16. The van der Waals surface area contributed by atoms with Gasteiger partial charge in [0.15, 0.2) is 0 Å². The molecule has 0 spiro atoms. The maximum absolute atomic E-state index is 15.1. The molecule has 4 aromatic rings. The molecule has 12 heteroatoms. The second-order valence-corrected chi connectivity index (χ2v) is 9.98. The highest BCUT2D eigenvalue weighted by Crippen LogP contribution is 2.29. The van der Waals surface area contributed by atoms with Crippen LogP contribution in [-0.2, 0) is 19.6 Å². The fourth-order valence-corrected chi connectivity index (χ4v) is 4.78. The van der Waals surface area contributed by atoms with Gasteiger partial charge in [-0.15, -0.1) is 0 Å². The summed E-state index contributed by atoms with van der Waals surface area (Å²) in [7, 11) is -4.32. The molecule has 0 radical (unpaired) electrons. The maximum Gasteiger partial charge on any atom is 0.264 e. The van der Waals surface area contributed by atoms with Gasteiger partial charge in [-0.05, 0) is 66.1 Å². The number of sulfonamides is 1. The largest absolute Gasteiger partial charge is 0.311 e. The molecular weight excluding hydrogens is 511 g/mol. The van der Waals surface area contributed by atoms with Crippen LogP contribution in [0.2, 0.25) is 0 Å². The van der Waals surface area contributed by atoms with E-state index in [9.17, 15) is 18.0 Å². The molecule has 0 saturated carbocycles. The molecule has 0 aliphatic rings. The van der Waals surface area contributed by atoms with Crippen molar-refractivity contribution in [1.29, 1.82) is 0 Å². The Morgan fingerprint density at radius 2 is 1.32 bits per heavy atom. The van der Waals surface area contributed by atoms with E-state index in [1.165, 1.54) is 38.4 Å². The highest BCUT2D eigenvalue weighted by Gasteiger charge is 2.21. The van der Waals surface area contributed by atoms with Crippen LogP contribution in [-0.4, -0.2) is 35.2 Å². The van der Waals surface area contributed by atoms with Crippen LogP contribution in [0.25, 0.3) is 22.3 Å². The lowest BCUT2D eigenvalue weighted by molar-refractivity contribution is -0.115. The Bertz CT molecular complexity index is 1660. The summed E-state index contributed by atoms with van der Waals surface area (Å²) in [6.45, 7) is 4.32. The normalized spacial score (nSPS) is 11.1. The van der Waals surface area contributed by atoms with Gasteiger partial charge >= 0.3 is 0 Å². The lowest BCUT2D eigenvalue weighted by Gasteiger charge is -2.13. The van der Waals surface area contributed by atoms with Crippen molar-refractivity contribution in [2.45, 2.75) is 25.7 Å². The van der Waals surface area contributed by atoms with Crippen LogP contribution >= 0.6 is 0 Å². The van der Waals surface area contributed by atoms with Crippen molar-refractivity contribution in [3.8, 4) is 22.3 Å². The van der Waals surface area contributed by atoms with E-state index in [2.05, 4.69) is 30.3 Å². The number of hydrogen-bond acceptors (Lipinski definition) is 7. The third-order valence-electron chi connectivity index (χ3n) is 5.35. The molecule has 10 nitrogen and oxygen atoms in total. The summed E-state index contributed by atoms with van der Waals surface area (Å²) in [6, 6.07) is 11.8. The first-order chi connectivity index (χ1) is 18.0. The summed E-state index contributed by atoms with van der Waals surface area (Å²) in [5.41, 5.74) is 2.70. The Hall–Kier alpha value is -4.71. The number of hydrogen-bond donors (Lipinski definition) is 3. The molecule has 0 bridgehead atoms. The SMILES string of the molecule is CC(=O)Nc1cc(-c2ccc(S(=O)(=O)Nc3cc(-c4ccnc(NC(C)=O)c4)cnc3C)c(F)c2)ccn1. The predicted molar refractivity (Wildman–Crippen MR) is 141 cm³/mol. The molecule has 0 saturated heterocycles. The number of anilines is 3.